The number of carbonyl (C=O) groups is 1. The zero-order valence-corrected chi connectivity index (χ0v) is 18.0. The summed E-state index contributed by atoms with van der Waals surface area (Å²) in [5.74, 6) is 0.138. The van der Waals surface area contributed by atoms with Gasteiger partial charge in [0.25, 0.3) is 0 Å². The zero-order chi connectivity index (χ0) is 20.7. The van der Waals surface area contributed by atoms with Crippen molar-refractivity contribution in [3.05, 3.63) is 70.5 Å². The molecular weight excluding hydrogens is 423 g/mol. The number of sulfonamides is 1. The first-order chi connectivity index (χ1) is 13.2. The van der Waals surface area contributed by atoms with E-state index in [0.717, 1.165) is 10.6 Å². The van der Waals surface area contributed by atoms with Gasteiger partial charge in [-0.3, -0.25) is 4.79 Å². The molecule has 1 amide bonds. The molecule has 1 N–H and O–H groups in total. The average Bonchev–Trinajstić information content (AvgIpc) is 2.64. The molecular formula is C19H22ClFN2O3S2. The van der Waals surface area contributed by atoms with Crippen molar-refractivity contribution in [2.24, 2.45) is 0 Å². The Morgan fingerprint density at radius 2 is 1.89 bits per heavy atom. The number of likely N-dealkylation sites (N-methyl/N-ethyl adjacent to an activating group) is 1. The van der Waals surface area contributed by atoms with Crippen LogP contribution in [0.5, 0.6) is 0 Å². The quantitative estimate of drug-likeness (QED) is 0.601. The van der Waals surface area contributed by atoms with Gasteiger partial charge >= 0.3 is 0 Å². The van der Waals surface area contributed by atoms with Crippen LogP contribution in [0.3, 0.4) is 0 Å². The van der Waals surface area contributed by atoms with Crippen LogP contribution in [0.1, 0.15) is 17.2 Å². The number of carbonyl (C=O) groups excluding carboxylic acids is 1. The molecule has 0 saturated carbocycles. The summed E-state index contributed by atoms with van der Waals surface area (Å²) >= 11 is 7.42. The largest absolute Gasteiger partial charge is 0.354 e. The fourth-order valence-electron chi connectivity index (χ4n) is 2.54. The predicted molar refractivity (Wildman–Crippen MR) is 112 cm³/mol. The third-order valence-electron chi connectivity index (χ3n) is 4.10. The maximum Gasteiger partial charge on any atom is 0.243 e. The molecule has 0 aliphatic rings. The normalized spacial score (nSPS) is 12.8. The van der Waals surface area contributed by atoms with Crippen molar-refractivity contribution in [1.82, 2.24) is 9.62 Å². The highest BCUT2D eigenvalue weighted by Crippen LogP contribution is 2.24. The van der Waals surface area contributed by atoms with Crippen LogP contribution < -0.4 is 5.32 Å². The van der Waals surface area contributed by atoms with Crippen molar-refractivity contribution in [2.45, 2.75) is 11.8 Å². The van der Waals surface area contributed by atoms with E-state index in [4.69, 9.17) is 11.6 Å². The van der Waals surface area contributed by atoms with Crippen molar-refractivity contribution in [3.8, 4) is 0 Å². The van der Waals surface area contributed by atoms with Crippen LogP contribution in [0.2, 0.25) is 5.02 Å². The Hall–Kier alpha value is -1.61. The summed E-state index contributed by atoms with van der Waals surface area (Å²) in [4.78, 5) is 12.7. The molecule has 2 rings (SSSR count). The number of hydrogen-bond acceptors (Lipinski definition) is 4. The van der Waals surface area contributed by atoms with E-state index in [9.17, 15) is 17.6 Å². The molecule has 9 heteroatoms. The average molecular weight is 445 g/mol. The van der Waals surface area contributed by atoms with Crippen LogP contribution in [0.15, 0.2) is 48.5 Å². The molecule has 0 aromatic heterocycles. The van der Waals surface area contributed by atoms with E-state index in [-0.39, 0.29) is 5.82 Å². The number of benzene rings is 2. The topological polar surface area (TPSA) is 66.5 Å². The molecule has 2 aromatic carbocycles. The molecule has 0 unspecified atom stereocenters. The third kappa shape index (κ3) is 6.20. The van der Waals surface area contributed by atoms with Crippen LogP contribution in [0.4, 0.5) is 4.39 Å². The van der Waals surface area contributed by atoms with Gasteiger partial charge < -0.3 is 5.32 Å². The van der Waals surface area contributed by atoms with Gasteiger partial charge in [0.1, 0.15) is 11.9 Å². The van der Waals surface area contributed by atoms with E-state index in [1.54, 1.807) is 42.5 Å². The second kappa shape index (κ2) is 10.2. The lowest BCUT2D eigenvalue weighted by Crippen LogP contribution is -2.41. The number of hydrogen-bond donors (Lipinski definition) is 1. The molecule has 0 aliphatic heterocycles. The Balaban J connectivity index is 1.95. The Bertz CT molecular complexity index is 890. The Kier molecular flexibility index (Phi) is 8.30. The van der Waals surface area contributed by atoms with Gasteiger partial charge in [-0.2, -0.15) is 16.1 Å². The lowest BCUT2D eigenvalue weighted by atomic mass is 10.1. The summed E-state index contributed by atoms with van der Waals surface area (Å²) in [7, 11) is -2.19. The van der Waals surface area contributed by atoms with Gasteiger partial charge in [-0.15, -0.1) is 0 Å². The van der Waals surface area contributed by atoms with Crippen molar-refractivity contribution in [1.29, 1.82) is 0 Å². The summed E-state index contributed by atoms with van der Waals surface area (Å²) < 4.78 is 38.7. The van der Waals surface area contributed by atoms with Crippen molar-refractivity contribution >= 4 is 39.3 Å². The highest BCUT2D eigenvalue weighted by atomic mass is 35.5. The molecule has 0 fully saturated rings. The fourth-order valence-corrected chi connectivity index (χ4v) is 4.34. The summed E-state index contributed by atoms with van der Waals surface area (Å²) in [5, 5.41) is 3.13. The standard InChI is InChI=1S/C19H22ClFN2O3S2/c1-23(28(2,25)26)18(14-7-4-3-5-8-14)19(24)22-11-12-27-13-15-16(20)9-6-10-17(15)21/h3-10,18H,11-13H2,1-2H3,(H,22,24)/t18-/m1/s1. The summed E-state index contributed by atoms with van der Waals surface area (Å²) in [6.07, 6.45) is 1.06. The predicted octanol–water partition coefficient (Wildman–Crippen LogP) is 3.46. The van der Waals surface area contributed by atoms with Crippen molar-refractivity contribution in [3.63, 3.8) is 0 Å². The Morgan fingerprint density at radius 1 is 1.21 bits per heavy atom. The molecule has 1 atom stereocenters. The molecule has 152 valence electrons. The molecule has 0 spiro atoms. The van der Waals surface area contributed by atoms with E-state index in [1.165, 1.54) is 24.9 Å². The van der Waals surface area contributed by atoms with Gasteiger partial charge in [0, 0.05) is 35.7 Å². The minimum absolute atomic E-state index is 0.316. The van der Waals surface area contributed by atoms with Crippen molar-refractivity contribution in [2.75, 3.05) is 25.6 Å². The molecule has 2 aromatic rings. The SMILES string of the molecule is CN([C@@H](C(=O)NCCSCc1c(F)cccc1Cl)c1ccccc1)S(C)(=O)=O. The number of thioether (sulfide) groups is 1. The number of amides is 1. The monoisotopic (exact) mass is 444 g/mol. The first-order valence-corrected chi connectivity index (χ1v) is 11.9. The minimum Gasteiger partial charge on any atom is -0.354 e. The zero-order valence-electron chi connectivity index (χ0n) is 15.6. The van der Waals surface area contributed by atoms with Crippen LogP contribution in [0.25, 0.3) is 0 Å². The highest BCUT2D eigenvalue weighted by molar-refractivity contribution is 7.98. The molecule has 0 heterocycles. The Morgan fingerprint density at radius 3 is 2.50 bits per heavy atom. The van der Waals surface area contributed by atoms with E-state index < -0.39 is 22.0 Å². The minimum atomic E-state index is -3.57. The smallest absolute Gasteiger partial charge is 0.243 e. The number of halogens is 2. The summed E-state index contributed by atoms with van der Waals surface area (Å²) in [6.45, 7) is 0.316. The number of rotatable bonds is 9. The van der Waals surface area contributed by atoms with Gasteiger partial charge in [0.05, 0.1) is 6.26 Å². The fraction of sp³-hybridized carbons (Fsp3) is 0.316. The van der Waals surface area contributed by atoms with Crippen molar-refractivity contribution < 1.29 is 17.6 Å². The van der Waals surface area contributed by atoms with Gasteiger partial charge in [0.15, 0.2) is 0 Å². The van der Waals surface area contributed by atoms with E-state index in [0.29, 0.717) is 34.2 Å². The molecule has 0 aliphatic carbocycles. The van der Waals surface area contributed by atoms with Gasteiger partial charge in [-0.1, -0.05) is 48.0 Å². The second-order valence-corrected chi connectivity index (χ2v) is 9.69. The van der Waals surface area contributed by atoms with E-state index in [1.807, 2.05) is 0 Å². The highest BCUT2D eigenvalue weighted by Gasteiger charge is 2.30. The Labute approximate surface area is 174 Å². The first-order valence-electron chi connectivity index (χ1n) is 8.48. The molecule has 28 heavy (non-hydrogen) atoms. The van der Waals surface area contributed by atoms with Gasteiger partial charge in [-0.25, -0.2) is 12.8 Å². The lowest BCUT2D eigenvalue weighted by molar-refractivity contribution is -0.124. The summed E-state index contributed by atoms with van der Waals surface area (Å²) in [5.41, 5.74) is 1.01. The van der Waals surface area contributed by atoms with Gasteiger partial charge in [0.2, 0.25) is 15.9 Å². The van der Waals surface area contributed by atoms with Gasteiger partial charge in [-0.05, 0) is 17.7 Å². The van der Waals surface area contributed by atoms with Crippen LogP contribution in [-0.2, 0) is 20.6 Å². The third-order valence-corrected chi connectivity index (χ3v) is 6.70. The van der Waals surface area contributed by atoms with E-state index in [2.05, 4.69) is 5.32 Å². The van der Waals surface area contributed by atoms with Crippen LogP contribution in [0, 0.1) is 5.82 Å². The molecule has 0 bridgehead atoms. The maximum atomic E-state index is 13.8. The molecule has 0 radical (unpaired) electrons. The number of nitrogens with zero attached hydrogens (tertiary/aromatic N) is 1. The maximum absolute atomic E-state index is 13.8. The van der Waals surface area contributed by atoms with E-state index >= 15 is 0 Å². The van der Waals surface area contributed by atoms with Crippen LogP contribution >= 0.6 is 23.4 Å². The molecule has 0 saturated heterocycles. The first kappa shape index (κ1) is 22.7. The lowest BCUT2D eigenvalue weighted by Gasteiger charge is -2.25. The van der Waals surface area contributed by atoms with Crippen LogP contribution in [-0.4, -0.2) is 44.2 Å². The number of nitrogens with one attached hydrogen (secondary N) is 1. The molecule has 5 nitrogen and oxygen atoms in total. The summed E-state index contributed by atoms with van der Waals surface area (Å²) in [6, 6.07) is 12.3. The second-order valence-electron chi connectivity index (χ2n) is 6.14.